The highest BCUT2D eigenvalue weighted by Gasteiger charge is 2.09. The molecule has 0 aliphatic heterocycles. The van der Waals surface area contributed by atoms with Gasteiger partial charge in [0.15, 0.2) is 5.88 Å². The van der Waals surface area contributed by atoms with Crippen LogP contribution < -0.4 is 10.1 Å². The largest absolute Gasteiger partial charge is 0.495 e. The lowest BCUT2D eigenvalue weighted by Crippen LogP contribution is -1.93. The summed E-state index contributed by atoms with van der Waals surface area (Å²) < 4.78 is 10.1. The van der Waals surface area contributed by atoms with E-state index in [-0.39, 0.29) is 5.76 Å². The minimum absolute atomic E-state index is 0.128. The number of rotatable bonds is 4. The highest BCUT2D eigenvalue weighted by atomic mass is 35.5. The van der Waals surface area contributed by atoms with Crippen molar-refractivity contribution in [1.82, 2.24) is 0 Å². The summed E-state index contributed by atoms with van der Waals surface area (Å²) in [5, 5.41) is 12.1. The molecule has 0 saturated heterocycles. The number of furan rings is 1. The van der Waals surface area contributed by atoms with E-state index in [0.29, 0.717) is 22.3 Å². The van der Waals surface area contributed by atoms with Crippen LogP contribution >= 0.6 is 11.6 Å². The van der Waals surface area contributed by atoms with Gasteiger partial charge < -0.3 is 19.6 Å². The number of hydrogen-bond donors (Lipinski definition) is 2. The van der Waals surface area contributed by atoms with Crippen LogP contribution in [0.2, 0.25) is 5.02 Å². The zero-order valence-corrected chi connectivity index (χ0v) is 10.2. The molecule has 6 heteroatoms. The number of hydrogen-bond acceptors (Lipinski definition) is 4. The van der Waals surface area contributed by atoms with Gasteiger partial charge in [0, 0.05) is 11.8 Å². The van der Waals surface area contributed by atoms with Gasteiger partial charge in [-0.1, -0.05) is 11.6 Å². The van der Waals surface area contributed by atoms with Crippen LogP contribution in [0.1, 0.15) is 10.6 Å². The van der Waals surface area contributed by atoms with Gasteiger partial charge in [0.05, 0.1) is 12.1 Å². The van der Waals surface area contributed by atoms with Crippen molar-refractivity contribution in [2.45, 2.75) is 0 Å². The Balaban J connectivity index is 2.18. The Bertz CT molecular complexity index is 579. The first-order valence-corrected chi connectivity index (χ1v) is 5.41. The summed E-state index contributed by atoms with van der Waals surface area (Å²) >= 11 is 5.96. The van der Waals surface area contributed by atoms with Crippen LogP contribution in [0, 0.1) is 0 Å². The van der Waals surface area contributed by atoms with Gasteiger partial charge in [-0.25, -0.2) is 4.79 Å². The fraction of sp³-hybridized carbons (Fsp3) is 0.0833. The molecule has 94 valence electrons. The van der Waals surface area contributed by atoms with E-state index in [4.69, 9.17) is 25.9 Å². The molecular weight excluding hydrogens is 258 g/mol. The number of ether oxygens (including phenoxy) is 1. The number of anilines is 2. The quantitative estimate of drug-likeness (QED) is 0.888. The van der Waals surface area contributed by atoms with E-state index in [2.05, 4.69) is 5.32 Å². The monoisotopic (exact) mass is 267 g/mol. The maximum atomic E-state index is 10.6. The summed E-state index contributed by atoms with van der Waals surface area (Å²) in [6.45, 7) is 0. The average molecular weight is 268 g/mol. The predicted octanol–water partition coefficient (Wildman–Crippen LogP) is 3.38. The molecule has 0 atom stereocenters. The van der Waals surface area contributed by atoms with E-state index in [1.807, 2.05) is 0 Å². The fourth-order valence-corrected chi connectivity index (χ4v) is 1.66. The lowest BCUT2D eigenvalue weighted by atomic mass is 10.3. The third kappa shape index (κ3) is 2.57. The highest BCUT2D eigenvalue weighted by molar-refractivity contribution is 6.32. The molecule has 1 aromatic heterocycles. The molecule has 2 aromatic rings. The summed E-state index contributed by atoms with van der Waals surface area (Å²) in [5.74, 6) is -0.352. The summed E-state index contributed by atoms with van der Waals surface area (Å²) in [6, 6.07) is 8.00. The van der Waals surface area contributed by atoms with Gasteiger partial charge in [-0.3, -0.25) is 0 Å². The summed E-state index contributed by atoms with van der Waals surface area (Å²) in [7, 11) is 1.53. The van der Waals surface area contributed by atoms with E-state index >= 15 is 0 Å². The average Bonchev–Trinajstić information content (AvgIpc) is 2.78. The zero-order valence-electron chi connectivity index (χ0n) is 9.44. The Kier molecular flexibility index (Phi) is 3.43. The van der Waals surface area contributed by atoms with Crippen molar-refractivity contribution in [3.05, 3.63) is 41.1 Å². The van der Waals surface area contributed by atoms with Crippen molar-refractivity contribution in [2.24, 2.45) is 0 Å². The van der Waals surface area contributed by atoms with Gasteiger partial charge in [0.25, 0.3) is 0 Å². The summed E-state index contributed by atoms with van der Waals surface area (Å²) in [5.41, 5.74) is 0.673. The van der Waals surface area contributed by atoms with Crippen molar-refractivity contribution in [3.8, 4) is 5.75 Å². The maximum absolute atomic E-state index is 10.6. The van der Waals surface area contributed by atoms with Gasteiger partial charge in [-0.05, 0) is 24.3 Å². The molecule has 0 unspecified atom stereocenters. The molecule has 0 radical (unpaired) electrons. The maximum Gasteiger partial charge on any atom is 0.371 e. The first-order chi connectivity index (χ1) is 8.60. The number of carboxylic acids is 1. The fourth-order valence-electron chi connectivity index (χ4n) is 1.41. The molecule has 1 aromatic carbocycles. The highest BCUT2D eigenvalue weighted by Crippen LogP contribution is 2.29. The molecule has 2 rings (SSSR count). The normalized spacial score (nSPS) is 10.1. The number of halogens is 1. The van der Waals surface area contributed by atoms with Gasteiger partial charge >= 0.3 is 5.97 Å². The van der Waals surface area contributed by atoms with E-state index in [1.165, 1.54) is 19.2 Å². The van der Waals surface area contributed by atoms with Gasteiger partial charge in [0.1, 0.15) is 5.75 Å². The minimum Gasteiger partial charge on any atom is -0.495 e. The van der Waals surface area contributed by atoms with Crippen LogP contribution in [0.5, 0.6) is 5.75 Å². The molecule has 1 heterocycles. The lowest BCUT2D eigenvalue weighted by Gasteiger charge is -2.06. The smallest absolute Gasteiger partial charge is 0.371 e. The molecule has 0 saturated carbocycles. The second kappa shape index (κ2) is 5.01. The lowest BCUT2D eigenvalue weighted by molar-refractivity contribution is 0.0663. The number of aromatic carboxylic acids is 1. The van der Waals surface area contributed by atoms with E-state index in [9.17, 15) is 4.79 Å². The molecule has 0 spiro atoms. The van der Waals surface area contributed by atoms with E-state index < -0.39 is 5.97 Å². The van der Waals surface area contributed by atoms with Crippen LogP contribution in [0.3, 0.4) is 0 Å². The first kappa shape index (κ1) is 12.3. The number of benzene rings is 1. The van der Waals surface area contributed by atoms with Crippen molar-refractivity contribution < 1.29 is 19.1 Å². The third-order valence-corrected chi connectivity index (χ3v) is 2.53. The Morgan fingerprint density at radius 3 is 2.72 bits per heavy atom. The van der Waals surface area contributed by atoms with Gasteiger partial charge in [-0.15, -0.1) is 0 Å². The van der Waals surface area contributed by atoms with Crippen LogP contribution in [0.4, 0.5) is 11.6 Å². The summed E-state index contributed by atoms with van der Waals surface area (Å²) in [4.78, 5) is 10.6. The standard InChI is InChI=1S/C12H10ClNO4/c1-17-9-3-2-7(6-8(9)13)14-11-5-4-10(18-11)12(15)16/h2-6,14H,1H3,(H,15,16). The summed E-state index contributed by atoms with van der Waals surface area (Å²) in [6.07, 6.45) is 0. The first-order valence-electron chi connectivity index (χ1n) is 5.04. The molecule has 0 aliphatic rings. The number of methoxy groups -OCH3 is 1. The Morgan fingerprint density at radius 2 is 2.17 bits per heavy atom. The van der Waals surface area contributed by atoms with Gasteiger partial charge in [-0.2, -0.15) is 0 Å². The van der Waals surface area contributed by atoms with Crippen molar-refractivity contribution in [1.29, 1.82) is 0 Å². The van der Waals surface area contributed by atoms with E-state index in [1.54, 1.807) is 18.2 Å². The second-order valence-corrected chi connectivity index (χ2v) is 3.85. The van der Waals surface area contributed by atoms with E-state index in [0.717, 1.165) is 0 Å². The van der Waals surface area contributed by atoms with Crippen LogP contribution in [-0.4, -0.2) is 18.2 Å². The topological polar surface area (TPSA) is 71.7 Å². The number of carboxylic acid groups (broad SMARTS) is 1. The number of carbonyl (C=O) groups is 1. The van der Waals surface area contributed by atoms with Crippen molar-refractivity contribution in [3.63, 3.8) is 0 Å². The van der Waals surface area contributed by atoms with Crippen molar-refractivity contribution in [2.75, 3.05) is 12.4 Å². The molecule has 2 N–H and O–H groups in total. The number of nitrogens with one attached hydrogen (secondary N) is 1. The molecule has 18 heavy (non-hydrogen) atoms. The minimum atomic E-state index is -1.11. The molecule has 0 fully saturated rings. The second-order valence-electron chi connectivity index (χ2n) is 3.44. The molecule has 0 bridgehead atoms. The van der Waals surface area contributed by atoms with Gasteiger partial charge in [0.2, 0.25) is 5.76 Å². The van der Waals surface area contributed by atoms with Crippen LogP contribution in [0.25, 0.3) is 0 Å². The zero-order chi connectivity index (χ0) is 13.1. The SMILES string of the molecule is COc1ccc(Nc2ccc(C(=O)O)o2)cc1Cl. The predicted molar refractivity (Wildman–Crippen MR) is 67.0 cm³/mol. The van der Waals surface area contributed by atoms with Crippen LogP contribution in [0.15, 0.2) is 34.7 Å². The Hall–Kier alpha value is -2.14. The molecule has 0 aliphatic carbocycles. The molecule has 0 amide bonds. The van der Waals surface area contributed by atoms with Crippen LogP contribution in [-0.2, 0) is 0 Å². The Morgan fingerprint density at radius 1 is 1.39 bits per heavy atom. The van der Waals surface area contributed by atoms with Crippen molar-refractivity contribution >= 4 is 29.1 Å². The third-order valence-electron chi connectivity index (χ3n) is 2.24. The molecular formula is C12H10ClNO4. The molecule has 5 nitrogen and oxygen atoms in total. The Labute approximate surface area is 108 Å².